The predicted octanol–water partition coefficient (Wildman–Crippen LogP) is -2.19. The van der Waals surface area contributed by atoms with Gasteiger partial charge in [0.05, 0.1) is 0 Å². The minimum absolute atomic E-state index is 0. The molecule has 0 aliphatic carbocycles. The molecule has 4 heteroatoms. The number of hydrogen-bond acceptors (Lipinski definition) is 2. The average molecular weight is 271 g/mol. The van der Waals surface area contributed by atoms with Gasteiger partial charge < -0.3 is 39.7 Å². The Morgan fingerprint density at radius 3 is 1.43 bits per heavy atom. The van der Waals surface area contributed by atoms with Crippen LogP contribution in [0.4, 0.5) is 0 Å². The average Bonchev–Trinajstić information content (AvgIpc) is 1.90. The Hall–Kier alpha value is -0.00377. The standard InChI is InChI=1S/C5H8O.C3H6O.C2H.BrH.Mg/c1-4-5(2,3)6;1-3(2)4;1-2;;/h1,6H,2-3H3;1-2H3;1H;1H;/q;;-1;;+2/p-1. The molecule has 0 saturated carbocycles. The maximum Gasteiger partial charge on any atom is 2.00 e. The summed E-state index contributed by atoms with van der Waals surface area (Å²) in [5, 5.41) is 8.59. The van der Waals surface area contributed by atoms with Gasteiger partial charge in [-0.05, 0) is 27.7 Å². The van der Waals surface area contributed by atoms with E-state index in [-0.39, 0.29) is 45.8 Å². The molecule has 0 spiro atoms. The zero-order valence-corrected chi connectivity index (χ0v) is 12.1. The number of ketones is 1. The van der Waals surface area contributed by atoms with Crippen molar-refractivity contribution in [2.75, 3.05) is 0 Å². The summed E-state index contributed by atoms with van der Waals surface area (Å²) in [6, 6.07) is 0. The Kier molecular flexibility index (Phi) is 39.1. The van der Waals surface area contributed by atoms with Gasteiger partial charge in [0.25, 0.3) is 0 Å². The number of terminal acetylenes is 2. The van der Waals surface area contributed by atoms with Crippen molar-refractivity contribution in [1.29, 1.82) is 0 Å². The molecule has 0 heterocycles. The van der Waals surface area contributed by atoms with Crippen LogP contribution in [0.2, 0.25) is 0 Å². The Morgan fingerprint density at radius 2 is 1.43 bits per heavy atom. The third-order valence-electron chi connectivity index (χ3n) is 0.353. The topological polar surface area (TPSA) is 37.3 Å². The Morgan fingerprint density at radius 1 is 1.36 bits per heavy atom. The van der Waals surface area contributed by atoms with Gasteiger partial charge in [-0.2, -0.15) is 0 Å². The van der Waals surface area contributed by atoms with Gasteiger partial charge in [-0.1, -0.05) is 5.92 Å². The molecular weight excluding hydrogens is 256 g/mol. The van der Waals surface area contributed by atoms with E-state index in [1.807, 2.05) is 0 Å². The fourth-order valence-electron chi connectivity index (χ4n) is 0. The van der Waals surface area contributed by atoms with Gasteiger partial charge in [-0.15, -0.1) is 6.42 Å². The SMILES string of the molecule is C#CC(C)(C)O.CC(C)=O.[Br-].[C-]#C.[Mg+2]. The van der Waals surface area contributed by atoms with Crippen LogP contribution in [-0.2, 0) is 4.79 Å². The van der Waals surface area contributed by atoms with E-state index >= 15 is 0 Å². The van der Waals surface area contributed by atoms with Crippen LogP contribution in [0.3, 0.4) is 0 Å². The summed E-state index contributed by atoms with van der Waals surface area (Å²) in [5.74, 6) is 2.33. The number of carbonyl (C=O) groups is 1. The molecule has 0 bridgehead atoms. The Bertz CT molecular complexity index is 171. The fraction of sp³-hybridized carbons (Fsp3) is 0.500. The summed E-state index contributed by atoms with van der Waals surface area (Å²) in [6.07, 6.45) is 13.8. The zero-order chi connectivity index (χ0) is 10.8. The number of hydrogen-bond donors (Lipinski definition) is 1. The van der Waals surface area contributed by atoms with Crippen LogP contribution in [-0.4, -0.2) is 39.5 Å². The smallest absolute Gasteiger partial charge is 1.00 e. The number of aliphatic hydroxyl groups is 1. The van der Waals surface area contributed by atoms with E-state index in [1.54, 1.807) is 13.8 Å². The second-order valence-corrected chi connectivity index (χ2v) is 2.61. The number of carbonyl (C=O) groups excluding carboxylic acids is 1. The summed E-state index contributed by atoms with van der Waals surface area (Å²) in [6.45, 7) is 6.18. The number of rotatable bonds is 0. The van der Waals surface area contributed by atoms with Crippen LogP contribution in [0, 0.1) is 25.2 Å². The monoisotopic (exact) mass is 270 g/mol. The Balaban J connectivity index is -0.0000000302. The maximum absolute atomic E-state index is 9.44. The third-order valence-corrected chi connectivity index (χ3v) is 0.353. The molecule has 0 radical (unpaired) electrons. The van der Waals surface area contributed by atoms with E-state index in [2.05, 4.69) is 12.3 Å². The molecular formula is C10H15BrMgO2. The van der Waals surface area contributed by atoms with Crippen molar-refractivity contribution in [2.45, 2.75) is 33.3 Å². The van der Waals surface area contributed by atoms with E-state index in [9.17, 15) is 4.79 Å². The summed E-state index contributed by atoms with van der Waals surface area (Å²) < 4.78 is 0. The van der Waals surface area contributed by atoms with Crippen molar-refractivity contribution in [2.24, 2.45) is 0 Å². The molecule has 0 aliphatic rings. The molecule has 0 rings (SSSR count). The van der Waals surface area contributed by atoms with Crippen molar-refractivity contribution in [3.8, 4) is 18.8 Å². The molecule has 0 fully saturated rings. The predicted molar refractivity (Wildman–Crippen MR) is 55.4 cm³/mol. The molecule has 2 nitrogen and oxygen atoms in total. The Labute approximate surface area is 114 Å². The van der Waals surface area contributed by atoms with Crippen molar-refractivity contribution in [3.63, 3.8) is 0 Å². The first-order valence-electron chi connectivity index (χ1n) is 3.26. The molecule has 0 amide bonds. The van der Waals surface area contributed by atoms with Crippen LogP contribution < -0.4 is 17.0 Å². The largest absolute Gasteiger partial charge is 2.00 e. The first-order valence-corrected chi connectivity index (χ1v) is 3.26. The van der Waals surface area contributed by atoms with Crippen LogP contribution in [0.15, 0.2) is 0 Å². The van der Waals surface area contributed by atoms with Gasteiger partial charge in [-0.3, -0.25) is 0 Å². The molecule has 0 atom stereocenters. The molecule has 0 aromatic carbocycles. The van der Waals surface area contributed by atoms with Crippen LogP contribution in [0.1, 0.15) is 27.7 Å². The maximum atomic E-state index is 9.44. The second-order valence-electron chi connectivity index (χ2n) is 2.61. The van der Waals surface area contributed by atoms with Crippen molar-refractivity contribution in [3.05, 3.63) is 6.42 Å². The van der Waals surface area contributed by atoms with Gasteiger partial charge in [-0.25, -0.2) is 0 Å². The molecule has 0 aromatic rings. The number of Topliss-reactive ketones (excluding diaryl/α,β-unsaturated/α-hetero) is 1. The van der Waals surface area contributed by atoms with E-state index in [0.29, 0.717) is 0 Å². The summed E-state index contributed by atoms with van der Waals surface area (Å²) in [5.41, 5.74) is -0.931. The quantitative estimate of drug-likeness (QED) is 0.309. The molecule has 14 heavy (non-hydrogen) atoms. The van der Waals surface area contributed by atoms with E-state index in [0.717, 1.165) is 0 Å². The van der Waals surface area contributed by atoms with Crippen molar-refractivity contribution < 1.29 is 26.9 Å². The zero-order valence-electron chi connectivity index (χ0n) is 9.10. The van der Waals surface area contributed by atoms with Gasteiger partial charge >= 0.3 is 23.1 Å². The minimum Gasteiger partial charge on any atom is -1.00 e. The molecule has 0 aromatic heterocycles. The van der Waals surface area contributed by atoms with Crippen molar-refractivity contribution in [1.82, 2.24) is 0 Å². The molecule has 0 aliphatic heterocycles. The minimum atomic E-state index is -0.931. The van der Waals surface area contributed by atoms with Crippen LogP contribution in [0.5, 0.6) is 0 Å². The van der Waals surface area contributed by atoms with Gasteiger partial charge in [0.15, 0.2) is 0 Å². The number of halogens is 1. The summed E-state index contributed by atoms with van der Waals surface area (Å²) in [4.78, 5) is 9.44. The second kappa shape index (κ2) is 18.7. The van der Waals surface area contributed by atoms with Gasteiger partial charge in [0.1, 0.15) is 11.4 Å². The van der Waals surface area contributed by atoms with Gasteiger partial charge in [0.2, 0.25) is 0 Å². The van der Waals surface area contributed by atoms with Crippen LogP contribution >= 0.6 is 0 Å². The van der Waals surface area contributed by atoms with Crippen LogP contribution in [0.25, 0.3) is 0 Å². The van der Waals surface area contributed by atoms with Gasteiger partial charge in [0, 0.05) is 0 Å². The molecule has 0 saturated heterocycles. The molecule has 0 unspecified atom stereocenters. The van der Waals surface area contributed by atoms with E-state index in [4.69, 9.17) is 18.0 Å². The van der Waals surface area contributed by atoms with E-state index < -0.39 is 5.60 Å². The normalized spacial score (nSPS) is 6.43. The van der Waals surface area contributed by atoms with Crippen molar-refractivity contribution >= 4 is 28.8 Å². The fourth-order valence-corrected chi connectivity index (χ4v) is 0. The third kappa shape index (κ3) is 162. The first-order chi connectivity index (χ1) is 5.29. The summed E-state index contributed by atoms with van der Waals surface area (Å²) >= 11 is 0. The van der Waals surface area contributed by atoms with E-state index in [1.165, 1.54) is 13.8 Å². The molecule has 76 valence electrons. The summed E-state index contributed by atoms with van der Waals surface area (Å²) in [7, 11) is 0. The first kappa shape index (κ1) is 29.2. The molecule has 1 N–H and O–H groups in total.